The molecule has 0 bridgehead atoms. The van der Waals surface area contributed by atoms with Crippen molar-refractivity contribution in [3.05, 3.63) is 34.3 Å². The zero-order valence-electron chi connectivity index (χ0n) is 16.8. The summed E-state index contributed by atoms with van der Waals surface area (Å²) in [5, 5.41) is 3.59. The fourth-order valence-corrected chi connectivity index (χ4v) is 4.11. The molecule has 0 saturated carbocycles. The summed E-state index contributed by atoms with van der Waals surface area (Å²) in [4.78, 5) is 27.7. The molecule has 5 nitrogen and oxygen atoms in total. The third-order valence-electron chi connectivity index (χ3n) is 5.43. The van der Waals surface area contributed by atoms with Crippen LogP contribution in [-0.2, 0) is 22.7 Å². The maximum atomic E-state index is 13.1. The van der Waals surface area contributed by atoms with E-state index < -0.39 is 6.04 Å². The predicted octanol–water partition coefficient (Wildman–Crippen LogP) is 3.48. The van der Waals surface area contributed by atoms with Gasteiger partial charge in [-0.3, -0.25) is 9.59 Å². The third-order valence-corrected chi connectivity index (χ3v) is 5.67. The number of nitrogens with one attached hydrogen (secondary N) is 1. The third kappa shape index (κ3) is 5.23. The maximum absolute atomic E-state index is 13.1. The summed E-state index contributed by atoms with van der Waals surface area (Å²) < 4.78 is 0. The lowest BCUT2D eigenvalue weighted by molar-refractivity contribution is -0.144. The molecule has 1 aromatic carbocycles. The molecule has 2 rings (SSSR count). The summed E-state index contributed by atoms with van der Waals surface area (Å²) in [6, 6.07) is 5.11. The highest BCUT2D eigenvalue weighted by molar-refractivity contribution is 6.30. The van der Waals surface area contributed by atoms with Gasteiger partial charge in [0, 0.05) is 30.6 Å². The molecule has 6 heteroatoms. The first-order chi connectivity index (χ1) is 12.7. The van der Waals surface area contributed by atoms with Crippen LogP contribution in [0.5, 0.6) is 0 Å². The minimum atomic E-state index is -0.394. The van der Waals surface area contributed by atoms with Crippen LogP contribution in [0.2, 0.25) is 5.02 Å². The summed E-state index contributed by atoms with van der Waals surface area (Å²) in [6.07, 6.45) is 2.34. The van der Waals surface area contributed by atoms with Gasteiger partial charge in [0.05, 0.1) is 0 Å². The number of nitrogens with zero attached hydrogens (tertiary/aromatic N) is 1. The van der Waals surface area contributed by atoms with Crippen molar-refractivity contribution in [3.63, 3.8) is 0 Å². The lowest BCUT2D eigenvalue weighted by Gasteiger charge is -2.34. The van der Waals surface area contributed by atoms with Gasteiger partial charge in [0.2, 0.25) is 11.8 Å². The number of benzene rings is 1. The van der Waals surface area contributed by atoms with Crippen molar-refractivity contribution in [3.8, 4) is 0 Å². The van der Waals surface area contributed by atoms with E-state index in [9.17, 15) is 9.59 Å². The van der Waals surface area contributed by atoms with Crippen LogP contribution in [0.25, 0.3) is 0 Å². The molecule has 0 radical (unpaired) electrons. The summed E-state index contributed by atoms with van der Waals surface area (Å²) >= 11 is 6.07. The highest BCUT2D eigenvalue weighted by Gasteiger charge is 2.40. The second-order valence-corrected chi connectivity index (χ2v) is 8.79. The van der Waals surface area contributed by atoms with Crippen LogP contribution in [0, 0.1) is 11.3 Å². The minimum absolute atomic E-state index is 0.0809. The van der Waals surface area contributed by atoms with Gasteiger partial charge in [-0.2, -0.15) is 0 Å². The van der Waals surface area contributed by atoms with E-state index in [4.69, 9.17) is 17.3 Å². The largest absolute Gasteiger partial charge is 0.350 e. The molecule has 0 unspecified atom stereocenters. The molecule has 150 valence electrons. The molecule has 3 N–H and O–H groups in total. The number of nitrogens with two attached hydrogens (primary N) is 1. The van der Waals surface area contributed by atoms with Crippen molar-refractivity contribution in [2.75, 3.05) is 6.54 Å². The van der Waals surface area contributed by atoms with Gasteiger partial charge in [0.25, 0.3) is 0 Å². The van der Waals surface area contributed by atoms with Gasteiger partial charge in [0.15, 0.2) is 0 Å². The second-order valence-electron chi connectivity index (χ2n) is 8.35. The molecule has 0 spiro atoms. The molecule has 0 aliphatic carbocycles. The lowest BCUT2D eigenvalue weighted by Crippen LogP contribution is -2.49. The van der Waals surface area contributed by atoms with Crippen molar-refractivity contribution < 1.29 is 9.59 Å². The van der Waals surface area contributed by atoms with Crippen LogP contribution < -0.4 is 11.1 Å². The molecule has 27 heavy (non-hydrogen) atoms. The van der Waals surface area contributed by atoms with Crippen LogP contribution in [0.15, 0.2) is 18.2 Å². The molecule has 0 aromatic heterocycles. The topological polar surface area (TPSA) is 75.4 Å². The Morgan fingerprint density at radius 2 is 2.04 bits per heavy atom. The predicted molar refractivity (Wildman–Crippen MR) is 109 cm³/mol. The Bertz CT molecular complexity index is 684. The highest BCUT2D eigenvalue weighted by atomic mass is 35.5. The summed E-state index contributed by atoms with van der Waals surface area (Å²) in [6.45, 7) is 9.68. The second kappa shape index (κ2) is 9.07. The van der Waals surface area contributed by atoms with Crippen LogP contribution in [0.3, 0.4) is 0 Å². The van der Waals surface area contributed by atoms with Crippen LogP contribution >= 0.6 is 11.6 Å². The van der Waals surface area contributed by atoms with Gasteiger partial charge in [0.1, 0.15) is 6.04 Å². The first kappa shape index (κ1) is 21.7. The Labute approximate surface area is 167 Å². The molecule has 1 fully saturated rings. The summed E-state index contributed by atoms with van der Waals surface area (Å²) in [5.74, 6) is -0.0942. The lowest BCUT2D eigenvalue weighted by atomic mass is 9.78. The number of carbonyl (C=O) groups excluding carboxylic acids is 2. The van der Waals surface area contributed by atoms with Crippen molar-refractivity contribution in [2.45, 2.75) is 66.1 Å². The Kier molecular flexibility index (Phi) is 7.29. The van der Waals surface area contributed by atoms with Crippen molar-refractivity contribution >= 4 is 23.4 Å². The monoisotopic (exact) mass is 393 g/mol. The SMILES string of the molecule is CC[C@@H](C(=O)N1CCC[C@H]1C(=O)NCc1cc(Cl)ccc1CN)C(C)(C)C. The zero-order valence-corrected chi connectivity index (χ0v) is 17.6. The van der Waals surface area contributed by atoms with E-state index in [0.717, 1.165) is 24.0 Å². The zero-order chi connectivity index (χ0) is 20.2. The molecule has 1 aromatic rings. The molecule has 2 amide bonds. The van der Waals surface area contributed by atoms with E-state index in [1.54, 1.807) is 11.0 Å². The van der Waals surface area contributed by atoms with Crippen LogP contribution in [0.1, 0.15) is 58.1 Å². The van der Waals surface area contributed by atoms with E-state index >= 15 is 0 Å². The van der Waals surface area contributed by atoms with E-state index in [1.165, 1.54) is 0 Å². The number of likely N-dealkylation sites (tertiary alicyclic amines) is 1. The van der Waals surface area contributed by atoms with E-state index in [0.29, 0.717) is 31.1 Å². The van der Waals surface area contributed by atoms with E-state index in [1.807, 2.05) is 19.1 Å². The van der Waals surface area contributed by atoms with Gasteiger partial charge >= 0.3 is 0 Å². The highest BCUT2D eigenvalue weighted by Crippen LogP contribution is 2.32. The number of hydrogen-bond donors (Lipinski definition) is 2. The van der Waals surface area contributed by atoms with Crippen molar-refractivity contribution in [2.24, 2.45) is 17.1 Å². The van der Waals surface area contributed by atoms with Crippen molar-refractivity contribution in [1.29, 1.82) is 0 Å². The number of rotatable bonds is 6. The van der Waals surface area contributed by atoms with Crippen molar-refractivity contribution in [1.82, 2.24) is 10.2 Å². The Morgan fingerprint density at radius 3 is 2.63 bits per heavy atom. The van der Waals surface area contributed by atoms with Gasteiger partial charge in [-0.15, -0.1) is 0 Å². The minimum Gasteiger partial charge on any atom is -0.350 e. The molecule has 2 atom stereocenters. The average Bonchev–Trinajstić information content (AvgIpc) is 3.09. The number of halogens is 1. The average molecular weight is 394 g/mol. The standard InChI is InChI=1S/C21H32ClN3O2/c1-5-17(21(2,3)4)20(27)25-10-6-7-18(25)19(26)24-13-15-11-16(22)9-8-14(15)12-23/h8-9,11,17-18H,5-7,10,12-13,23H2,1-4H3,(H,24,26)/t17-,18-/m0/s1. The fraction of sp³-hybridized carbons (Fsp3) is 0.619. The Morgan fingerprint density at radius 1 is 1.33 bits per heavy atom. The van der Waals surface area contributed by atoms with E-state index in [-0.39, 0.29) is 23.1 Å². The molecular formula is C21H32ClN3O2. The smallest absolute Gasteiger partial charge is 0.243 e. The van der Waals surface area contributed by atoms with E-state index in [2.05, 4.69) is 26.1 Å². The van der Waals surface area contributed by atoms with Crippen LogP contribution in [0.4, 0.5) is 0 Å². The van der Waals surface area contributed by atoms with Gasteiger partial charge < -0.3 is 16.0 Å². The summed E-state index contributed by atoms with van der Waals surface area (Å²) in [5.41, 5.74) is 7.52. The van der Waals surface area contributed by atoms with Gasteiger partial charge in [-0.25, -0.2) is 0 Å². The number of amides is 2. The maximum Gasteiger partial charge on any atom is 0.243 e. The first-order valence-electron chi connectivity index (χ1n) is 9.74. The first-order valence-corrected chi connectivity index (χ1v) is 10.1. The Hall–Kier alpha value is -1.59. The van der Waals surface area contributed by atoms with Crippen LogP contribution in [-0.4, -0.2) is 29.3 Å². The summed E-state index contributed by atoms with van der Waals surface area (Å²) in [7, 11) is 0. The van der Waals surface area contributed by atoms with Gasteiger partial charge in [-0.05, 0) is 47.9 Å². The fourth-order valence-electron chi connectivity index (χ4n) is 3.92. The van der Waals surface area contributed by atoms with Gasteiger partial charge in [-0.1, -0.05) is 45.4 Å². The molecule has 1 saturated heterocycles. The molecule has 1 aliphatic heterocycles. The normalized spacial score (nSPS) is 18.4. The molecule has 1 heterocycles. The Balaban J connectivity index is 2.07. The quantitative estimate of drug-likeness (QED) is 0.776. The molecule has 1 aliphatic rings. The number of carbonyl (C=O) groups is 2. The molecular weight excluding hydrogens is 362 g/mol. The number of hydrogen-bond acceptors (Lipinski definition) is 3.